The van der Waals surface area contributed by atoms with Gasteiger partial charge in [0.2, 0.25) is 5.91 Å². The molecule has 98 valence electrons. The molecule has 1 saturated heterocycles. The topological polar surface area (TPSA) is 50.4 Å². The highest BCUT2D eigenvalue weighted by molar-refractivity contribution is 5.95. The molecule has 2 rings (SSSR count). The molecular weight excluding hydrogens is 228 g/mol. The summed E-state index contributed by atoms with van der Waals surface area (Å²) in [6.07, 6.45) is 1.77. The Bertz CT molecular complexity index is 408. The Balaban J connectivity index is 2.01. The molecule has 0 spiro atoms. The summed E-state index contributed by atoms with van der Waals surface area (Å²) in [6.45, 7) is 3.85. The minimum absolute atomic E-state index is 0.106. The summed E-state index contributed by atoms with van der Waals surface area (Å²) >= 11 is 0. The zero-order valence-electron chi connectivity index (χ0n) is 11.0. The Morgan fingerprint density at radius 1 is 1.28 bits per heavy atom. The van der Waals surface area contributed by atoms with Crippen molar-refractivity contribution in [2.75, 3.05) is 25.5 Å². The smallest absolute Gasteiger partial charge is 0.230 e. The van der Waals surface area contributed by atoms with E-state index in [9.17, 15) is 4.79 Å². The van der Waals surface area contributed by atoms with Gasteiger partial charge in [0.25, 0.3) is 0 Å². The summed E-state index contributed by atoms with van der Waals surface area (Å²) in [7, 11) is 1.63. The average molecular weight is 248 g/mol. The Morgan fingerprint density at radius 2 is 1.89 bits per heavy atom. The molecule has 4 nitrogen and oxygen atoms in total. The number of nitrogens with one attached hydrogen (secondary N) is 2. The van der Waals surface area contributed by atoms with E-state index in [2.05, 4.69) is 10.6 Å². The van der Waals surface area contributed by atoms with E-state index in [0.29, 0.717) is 0 Å². The molecule has 0 bridgehead atoms. The van der Waals surface area contributed by atoms with Gasteiger partial charge in [0.05, 0.1) is 7.11 Å². The molecule has 2 N–H and O–H groups in total. The van der Waals surface area contributed by atoms with Crippen molar-refractivity contribution in [3.05, 3.63) is 24.3 Å². The van der Waals surface area contributed by atoms with Gasteiger partial charge < -0.3 is 15.4 Å². The molecule has 0 aromatic heterocycles. The molecule has 1 aliphatic heterocycles. The van der Waals surface area contributed by atoms with Crippen LogP contribution in [0.4, 0.5) is 5.69 Å². The van der Waals surface area contributed by atoms with E-state index in [0.717, 1.165) is 37.4 Å². The van der Waals surface area contributed by atoms with Gasteiger partial charge in [-0.25, -0.2) is 0 Å². The van der Waals surface area contributed by atoms with Gasteiger partial charge in [-0.2, -0.15) is 0 Å². The lowest BCUT2D eigenvalue weighted by Gasteiger charge is -2.32. The fourth-order valence-corrected chi connectivity index (χ4v) is 2.16. The second-order valence-electron chi connectivity index (χ2n) is 4.99. The lowest BCUT2D eigenvalue weighted by molar-refractivity contribution is -0.126. The number of ether oxygens (including phenoxy) is 1. The first-order valence-corrected chi connectivity index (χ1v) is 6.30. The van der Waals surface area contributed by atoms with Crippen molar-refractivity contribution in [3.63, 3.8) is 0 Å². The zero-order valence-corrected chi connectivity index (χ0v) is 11.0. The van der Waals surface area contributed by atoms with Crippen LogP contribution in [0.5, 0.6) is 5.75 Å². The van der Waals surface area contributed by atoms with E-state index in [1.807, 2.05) is 31.2 Å². The first kappa shape index (κ1) is 12.9. The van der Waals surface area contributed by atoms with Gasteiger partial charge in [0, 0.05) is 11.1 Å². The molecule has 18 heavy (non-hydrogen) atoms. The van der Waals surface area contributed by atoms with Crippen LogP contribution in [0.25, 0.3) is 0 Å². The van der Waals surface area contributed by atoms with Crippen LogP contribution in [0.2, 0.25) is 0 Å². The molecule has 1 amide bonds. The van der Waals surface area contributed by atoms with E-state index < -0.39 is 0 Å². The first-order chi connectivity index (χ1) is 8.64. The van der Waals surface area contributed by atoms with Crippen molar-refractivity contribution >= 4 is 11.6 Å². The van der Waals surface area contributed by atoms with Gasteiger partial charge in [0.15, 0.2) is 0 Å². The van der Waals surface area contributed by atoms with Crippen molar-refractivity contribution < 1.29 is 9.53 Å². The minimum Gasteiger partial charge on any atom is -0.497 e. The van der Waals surface area contributed by atoms with Crippen molar-refractivity contribution in [1.82, 2.24) is 5.32 Å². The number of hydrogen-bond donors (Lipinski definition) is 2. The number of anilines is 1. The molecule has 0 unspecified atom stereocenters. The van der Waals surface area contributed by atoms with Crippen molar-refractivity contribution in [1.29, 1.82) is 0 Å². The zero-order chi connectivity index (χ0) is 13.0. The van der Waals surface area contributed by atoms with E-state index >= 15 is 0 Å². The van der Waals surface area contributed by atoms with Crippen LogP contribution in [0.1, 0.15) is 19.8 Å². The third-order valence-corrected chi connectivity index (χ3v) is 3.60. The average Bonchev–Trinajstić information content (AvgIpc) is 2.40. The Morgan fingerprint density at radius 3 is 2.44 bits per heavy atom. The molecule has 1 aliphatic rings. The highest BCUT2D eigenvalue weighted by atomic mass is 16.5. The standard InChI is InChI=1S/C14H20N2O2/c1-14(7-9-15-10-8-14)13(17)16-11-3-5-12(18-2)6-4-11/h3-6,15H,7-10H2,1-2H3,(H,16,17). The van der Waals surface area contributed by atoms with Gasteiger partial charge in [-0.1, -0.05) is 6.92 Å². The summed E-state index contributed by atoms with van der Waals surface area (Å²) in [5, 5.41) is 6.26. The molecule has 0 radical (unpaired) electrons. The predicted octanol–water partition coefficient (Wildman–Crippen LogP) is 2.02. The molecule has 1 heterocycles. The third kappa shape index (κ3) is 2.82. The number of methoxy groups -OCH3 is 1. The number of hydrogen-bond acceptors (Lipinski definition) is 3. The highest BCUT2D eigenvalue weighted by Crippen LogP contribution is 2.29. The van der Waals surface area contributed by atoms with Crippen LogP contribution >= 0.6 is 0 Å². The first-order valence-electron chi connectivity index (χ1n) is 6.30. The second-order valence-corrected chi connectivity index (χ2v) is 4.99. The van der Waals surface area contributed by atoms with E-state index in [1.165, 1.54) is 0 Å². The van der Waals surface area contributed by atoms with Crippen LogP contribution in [-0.2, 0) is 4.79 Å². The summed E-state index contributed by atoms with van der Waals surface area (Å²) in [6, 6.07) is 7.42. The maximum atomic E-state index is 12.3. The quantitative estimate of drug-likeness (QED) is 0.860. The normalized spacial score (nSPS) is 18.1. The maximum Gasteiger partial charge on any atom is 0.230 e. The third-order valence-electron chi connectivity index (χ3n) is 3.60. The van der Waals surface area contributed by atoms with Crippen LogP contribution in [0, 0.1) is 5.41 Å². The fourth-order valence-electron chi connectivity index (χ4n) is 2.16. The number of rotatable bonds is 3. The molecule has 4 heteroatoms. The second kappa shape index (κ2) is 5.40. The highest BCUT2D eigenvalue weighted by Gasteiger charge is 2.34. The van der Waals surface area contributed by atoms with Gasteiger partial charge >= 0.3 is 0 Å². The summed E-state index contributed by atoms with van der Waals surface area (Å²) < 4.78 is 5.09. The van der Waals surface area contributed by atoms with Gasteiger partial charge in [-0.3, -0.25) is 4.79 Å². The minimum atomic E-state index is -0.259. The van der Waals surface area contributed by atoms with Crippen molar-refractivity contribution in [2.24, 2.45) is 5.41 Å². The Hall–Kier alpha value is -1.55. The van der Waals surface area contributed by atoms with Crippen molar-refractivity contribution in [3.8, 4) is 5.75 Å². The molecule has 1 fully saturated rings. The van der Waals surface area contributed by atoms with E-state index in [1.54, 1.807) is 7.11 Å². The number of carbonyl (C=O) groups is 1. The predicted molar refractivity (Wildman–Crippen MR) is 71.8 cm³/mol. The molecule has 1 aromatic rings. The van der Waals surface area contributed by atoms with Crippen LogP contribution in [0.3, 0.4) is 0 Å². The number of amides is 1. The number of piperidine rings is 1. The lowest BCUT2D eigenvalue weighted by Crippen LogP contribution is -2.42. The van der Waals surface area contributed by atoms with Gasteiger partial charge in [-0.05, 0) is 50.2 Å². The largest absolute Gasteiger partial charge is 0.497 e. The van der Waals surface area contributed by atoms with Gasteiger partial charge in [-0.15, -0.1) is 0 Å². The Kier molecular flexibility index (Phi) is 3.87. The lowest BCUT2D eigenvalue weighted by atomic mass is 9.80. The monoisotopic (exact) mass is 248 g/mol. The Labute approximate surface area is 108 Å². The molecule has 0 aliphatic carbocycles. The molecule has 1 aromatic carbocycles. The summed E-state index contributed by atoms with van der Waals surface area (Å²) in [4.78, 5) is 12.3. The number of carbonyl (C=O) groups excluding carboxylic acids is 1. The van der Waals surface area contributed by atoms with Crippen molar-refractivity contribution in [2.45, 2.75) is 19.8 Å². The van der Waals surface area contributed by atoms with E-state index in [-0.39, 0.29) is 11.3 Å². The summed E-state index contributed by atoms with van der Waals surface area (Å²) in [5.74, 6) is 0.898. The number of benzene rings is 1. The summed E-state index contributed by atoms with van der Waals surface area (Å²) in [5.41, 5.74) is 0.561. The fraction of sp³-hybridized carbons (Fsp3) is 0.500. The molecular formula is C14H20N2O2. The van der Waals surface area contributed by atoms with Crippen LogP contribution in [-0.4, -0.2) is 26.1 Å². The van der Waals surface area contributed by atoms with E-state index in [4.69, 9.17) is 4.74 Å². The molecule has 0 saturated carbocycles. The maximum absolute atomic E-state index is 12.3. The molecule has 0 atom stereocenters. The SMILES string of the molecule is COc1ccc(NC(=O)C2(C)CCNCC2)cc1. The van der Waals surface area contributed by atoms with Crippen LogP contribution in [0.15, 0.2) is 24.3 Å². The van der Waals surface area contributed by atoms with Crippen LogP contribution < -0.4 is 15.4 Å². The van der Waals surface area contributed by atoms with Gasteiger partial charge in [0.1, 0.15) is 5.75 Å².